The first-order chi connectivity index (χ1) is 9.11. The molecule has 1 heterocycles. The molecule has 0 amide bonds. The molecule has 1 unspecified atom stereocenters. The average Bonchev–Trinajstić information content (AvgIpc) is 2.36. The fourth-order valence-electron chi connectivity index (χ4n) is 1.97. The molecule has 0 radical (unpaired) electrons. The van der Waals surface area contributed by atoms with Crippen LogP contribution in [0.4, 0.5) is 4.39 Å². The van der Waals surface area contributed by atoms with Gasteiger partial charge in [-0.3, -0.25) is 4.98 Å². The predicted molar refractivity (Wildman–Crippen MR) is 76.2 cm³/mol. The molecule has 0 aliphatic carbocycles. The van der Waals surface area contributed by atoms with Gasteiger partial charge in [-0.15, -0.1) is 0 Å². The van der Waals surface area contributed by atoms with Gasteiger partial charge in [0, 0.05) is 21.8 Å². The van der Waals surface area contributed by atoms with Gasteiger partial charge in [-0.25, -0.2) is 4.39 Å². The quantitative estimate of drug-likeness (QED) is 0.914. The Morgan fingerprint density at radius 3 is 2.53 bits per heavy atom. The normalized spacial score (nSPS) is 12.4. The maximum atomic E-state index is 13.9. The van der Waals surface area contributed by atoms with Gasteiger partial charge in [0.05, 0.1) is 12.2 Å². The lowest BCUT2D eigenvalue weighted by molar-refractivity contribution is 0.554. The summed E-state index contributed by atoms with van der Waals surface area (Å²) < 4.78 is 13.9. The van der Waals surface area contributed by atoms with Gasteiger partial charge >= 0.3 is 0 Å². The number of rotatable bonds is 4. The van der Waals surface area contributed by atoms with Gasteiger partial charge in [0.25, 0.3) is 0 Å². The van der Waals surface area contributed by atoms with E-state index in [1.54, 1.807) is 30.5 Å². The maximum Gasteiger partial charge on any atom is 0.146 e. The summed E-state index contributed by atoms with van der Waals surface area (Å²) in [4.78, 5) is 3.76. The molecule has 100 valence electrons. The molecule has 0 aliphatic rings. The van der Waals surface area contributed by atoms with Crippen LogP contribution in [-0.4, -0.2) is 11.5 Å². The zero-order valence-electron chi connectivity index (χ0n) is 10.3. The van der Waals surface area contributed by atoms with Crippen LogP contribution in [-0.2, 0) is 0 Å². The van der Waals surface area contributed by atoms with Crippen molar-refractivity contribution < 1.29 is 4.39 Å². The van der Waals surface area contributed by atoms with Crippen LogP contribution < -0.4 is 5.32 Å². The minimum absolute atomic E-state index is 0.302. The summed E-state index contributed by atoms with van der Waals surface area (Å²) in [6.07, 6.45) is 2.76. The van der Waals surface area contributed by atoms with Gasteiger partial charge in [0.1, 0.15) is 5.82 Å². The van der Waals surface area contributed by atoms with Crippen molar-refractivity contribution in [3.8, 4) is 0 Å². The molecule has 0 saturated heterocycles. The minimum Gasteiger partial charge on any atom is -0.306 e. The molecular formula is C14H13Cl2FN2. The lowest BCUT2D eigenvalue weighted by Crippen LogP contribution is -2.23. The Morgan fingerprint density at radius 2 is 1.95 bits per heavy atom. The van der Waals surface area contributed by atoms with Crippen LogP contribution in [0.2, 0.25) is 10.0 Å². The summed E-state index contributed by atoms with van der Waals surface area (Å²) in [6.45, 7) is 2.65. The number of nitrogens with one attached hydrogen (secondary N) is 1. The topological polar surface area (TPSA) is 24.9 Å². The van der Waals surface area contributed by atoms with Crippen molar-refractivity contribution in [3.05, 3.63) is 63.6 Å². The summed E-state index contributed by atoms with van der Waals surface area (Å²) in [5, 5.41) is 4.28. The van der Waals surface area contributed by atoms with Crippen LogP contribution in [0.5, 0.6) is 0 Å². The van der Waals surface area contributed by atoms with Gasteiger partial charge in [-0.05, 0) is 36.4 Å². The highest BCUT2D eigenvalue weighted by atomic mass is 35.5. The Morgan fingerprint density at radius 1 is 1.26 bits per heavy atom. The Bertz CT molecular complexity index is 555. The molecule has 0 saturated carbocycles. The number of hydrogen-bond donors (Lipinski definition) is 1. The Balaban J connectivity index is 2.48. The number of halogens is 3. The first-order valence-electron chi connectivity index (χ1n) is 5.90. The molecule has 19 heavy (non-hydrogen) atoms. The second-order valence-electron chi connectivity index (χ2n) is 4.09. The molecule has 5 heteroatoms. The zero-order valence-corrected chi connectivity index (χ0v) is 11.8. The highest BCUT2D eigenvalue weighted by Gasteiger charge is 2.17. The van der Waals surface area contributed by atoms with Crippen LogP contribution in [0.15, 0.2) is 36.7 Å². The minimum atomic E-state index is -0.357. The van der Waals surface area contributed by atoms with E-state index in [4.69, 9.17) is 23.2 Å². The molecule has 2 rings (SSSR count). The lowest BCUT2D eigenvalue weighted by Gasteiger charge is -2.19. The zero-order chi connectivity index (χ0) is 13.8. The first-order valence-corrected chi connectivity index (χ1v) is 6.66. The van der Waals surface area contributed by atoms with Crippen LogP contribution in [0.3, 0.4) is 0 Å². The number of aromatic nitrogens is 1. The molecule has 0 fully saturated rings. The number of nitrogens with zero attached hydrogens (tertiary/aromatic N) is 1. The third-order valence-electron chi connectivity index (χ3n) is 2.74. The molecule has 1 N–H and O–H groups in total. The number of pyridine rings is 1. The molecule has 0 aliphatic heterocycles. The third-order valence-corrected chi connectivity index (χ3v) is 3.18. The summed E-state index contributed by atoms with van der Waals surface area (Å²) in [5.41, 5.74) is 1.35. The van der Waals surface area contributed by atoms with Gasteiger partial charge in [0.2, 0.25) is 0 Å². The SMILES string of the molecule is CCNC(c1cc(Cl)cc(Cl)c1)c1ccncc1F. The van der Waals surface area contributed by atoms with Crippen LogP contribution >= 0.6 is 23.2 Å². The second kappa shape index (κ2) is 6.33. The molecule has 2 aromatic rings. The van der Waals surface area contributed by atoms with E-state index in [1.807, 2.05) is 6.92 Å². The largest absolute Gasteiger partial charge is 0.306 e. The summed E-state index contributed by atoms with van der Waals surface area (Å²) >= 11 is 12.0. The van der Waals surface area contributed by atoms with E-state index in [0.717, 1.165) is 5.56 Å². The van der Waals surface area contributed by atoms with Gasteiger partial charge in [-0.2, -0.15) is 0 Å². The molecule has 2 nitrogen and oxygen atoms in total. The molecule has 0 spiro atoms. The Kier molecular flexibility index (Phi) is 4.75. The lowest BCUT2D eigenvalue weighted by atomic mass is 9.99. The van der Waals surface area contributed by atoms with E-state index in [2.05, 4.69) is 10.3 Å². The Labute approximate surface area is 121 Å². The van der Waals surface area contributed by atoms with E-state index >= 15 is 0 Å². The van der Waals surface area contributed by atoms with E-state index in [-0.39, 0.29) is 11.9 Å². The molecular weight excluding hydrogens is 286 g/mol. The van der Waals surface area contributed by atoms with Crippen molar-refractivity contribution in [3.63, 3.8) is 0 Å². The fourth-order valence-corrected chi connectivity index (χ4v) is 2.52. The molecule has 1 atom stereocenters. The second-order valence-corrected chi connectivity index (χ2v) is 4.96. The van der Waals surface area contributed by atoms with Crippen molar-refractivity contribution in [1.82, 2.24) is 10.3 Å². The monoisotopic (exact) mass is 298 g/mol. The van der Waals surface area contributed by atoms with Crippen molar-refractivity contribution in [2.45, 2.75) is 13.0 Å². The summed E-state index contributed by atoms with van der Waals surface area (Å²) in [7, 11) is 0. The van der Waals surface area contributed by atoms with Gasteiger partial charge in [-0.1, -0.05) is 30.1 Å². The van der Waals surface area contributed by atoms with Crippen LogP contribution in [0, 0.1) is 5.82 Å². The van der Waals surface area contributed by atoms with Crippen molar-refractivity contribution in [2.75, 3.05) is 6.54 Å². The van der Waals surface area contributed by atoms with Gasteiger partial charge in [0.15, 0.2) is 0 Å². The maximum absolute atomic E-state index is 13.9. The molecule has 1 aromatic heterocycles. The van der Waals surface area contributed by atoms with Crippen LogP contribution in [0.1, 0.15) is 24.1 Å². The van der Waals surface area contributed by atoms with Crippen molar-refractivity contribution >= 4 is 23.2 Å². The highest BCUT2D eigenvalue weighted by Crippen LogP contribution is 2.28. The van der Waals surface area contributed by atoms with Crippen LogP contribution in [0.25, 0.3) is 0 Å². The summed E-state index contributed by atoms with van der Waals surface area (Å²) in [5.74, 6) is -0.357. The van der Waals surface area contributed by atoms with E-state index in [1.165, 1.54) is 6.20 Å². The van der Waals surface area contributed by atoms with E-state index in [0.29, 0.717) is 22.2 Å². The fraction of sp³-hybridized carbons (Fsp3) is 0.214. The van der Waals surface area contributed by atoms with E-state index < -0.39 is 0 Å². The first kappa shape index (κ1) is 14.3. The van der Waals surface area contributed by atoms with E-state index in [9.17, 15) is 4.39 Å². The number of benzene rings is 1. The molecule has 0 bridgehead atoms. The predicted octanol–water partition coefficient (Wildman–Crippen LogP) is 4.23. The highest BCUT2D eigenvalue weighted by molar-refractivity contribution is 6.34. The average molecular weight is 299 g/mol. The van der Waals surface area contributed by atoms with Crippen molar-refractivity contribution in [2.24, 2.45) is 0 Å². The Hall–Kier alpha value is -1.16. The van der Waals surface area contributed by atoms with Crippen molar-refractivity contribution in [1.29, 1.82) is 0 Å². The third kappa shape index (κ3) is 3.44. The van der Waals surface area contributed by atoms with Gasteiger partial charge < -0.3 is 5.32 Å². The molecule has 1 aromatic carbocycles. The number of hydrogen-bond acceptors (Lipinski definition) is 2. The smallest absolute Gasteiger partial charge is 0.146 e. The summed E-state index contributed by atoms with van der Waals surface area (Å²) in [6, 6.07) is 6.56. The standard InChI is InChI=1S/C14H13Cl2FN2/c1-2-19-14(12-3-4-18-8-13(12)17)9-5-10(15)7-11(16)6-9/h3-8,14,19H,2H2,1H3.